The zero-order valence-corrected chi connectivity index (χ0v) is 19.5. The molecule has 1 aromatic heterocycles. The molecule has 2 saturated heterocycles. The predicted molar refractivity (Wildman–Crippen MR) is 120 cm³/mol. The molecule has 1 aliphatic carbocycles. The summed E-state index contributed by atoms with van der Waals surface area (Å²) in [5, 5.41) is 2.79. The SMILES string of the molecule is COc1ccc(S(=O)(=O)N2CC3(COC3)C2)cc1NC(=O)c1[nH]c(C)c2c1CCCCC2=O. The summed E-state index contributed by atoms with van der Waals surface area (Å²) in [4.78, 5) is 28.8. The molecule has 1 amide bonds. The van der Waals surface area contributed by atoms with Gasteiger partial charge in [0, 0.05) is 36.2 Å². The lowest BCUT2D eigenvalue weighted by Crippen LogP contribution is -2.66. The third-order valence-corrected chi connectivity index (χ3v) is 8.56. The highest BCUT2D eigenvalue weighted by atomic mass is 32.2. The average Bonchev–Trinajstić information content (AvgIpc) is 2.92. The van der Waals surface area contributed by atoms with Crippen molar-refractivity contribution < 1.29 is 27.5 Å². The number of nitrogens with zero attached hydrogens (tertiary/aromatic N) is 1. The van der Waals surface area contributed by atoms with Crippen molar-refractivity contribution in [2.45, 2.75) is 37.5 Å². The molecule has 0 saturated carbocycles. The number of aromatic nitrogens is 1. The van der Waals surface area contributed by atoms with E-state index < -0.39 is 15.9 Å². The second-order valence-electron chi connectivity index (χ2n) is 9.19. The number of carbonyl (C=O) groups excluding carboxylic acids is 2. The van der Waals surface area contributed by atoms with Gasteiger partial charge in [0.15, 0.2) is 5.78 Å². The molecule has 0 atom stereocenters. The van der Waals surface area contributed by atoms with Crippen LogP contribution in [0.3, 0.4) is 0 Å². The van der Waals surface area contributed by atoms with Crippen molar-refractivity contribution in [3.8, 4) is 5.75 Å². The molecule has 176 valence electrons. The number of fused-ring (bicyclic) bond motifs is 1. The van der Waals surface area contributed by atoms with E-state index in [0.29, 0.717) is 61.8 Å². The molecule has 33 heavy (non-hydrogen) atoms. The maximum absolute atomic E-state index is 13.2. The van der Waals surface area contributed by atoms with E-state index in [1.54, 1.807) is 6.92 Å². The molecule has 3 heterocycles. The maximum atomic E-state index is 13.2. The highest BCUT2D eigenvalue weighted by Gasteiger charge is 2.53. The summed E-state index contributed by atoms with van der Waals surface area (Å²) in [6.07, 6.45) is 2.74. The third-order valence-electron chi connectivity index (χ3n) is 6.77. The number of benzene rings is 1. The standard InChI is InChI=1S/C23H27N3O6S/c1-14-20-16(5-3-4-6-18(20)27)21(24-14)22(28)25-17-9-15(7-8-19(17)31-2)33(29,30)26-10-23(11-26)12-32-13-23/h7-9,24H,3-6,10-13H2,1-2H3,(H,25,28). The fourth-order valence-corrected chi connectivity index (χ4v) is 6.63. The van der Waals surface area contributed by atoms with Crippen molar-refractivity contribution in [1.82, 2.24) is 9.29 Å². The van der Waals surface area contributed by atoms with Crippen molar-refractivity contribution in [1.29, 1.82) is 0 Å². The Bertz CT molecular complexity index is 1240. The maximum Gasteiger partial charge on any atom is 0.272 e. The van der Waals surface area contributed by atoms with Gasteiger partial charge in [-0.25, -0.2) is 8.42 Å². The lowest BCUT2D eigenvalue weighted by molar-refractivity contribution is -0.166. The topological polar surface area (TPSA) is 118 Å². The zero-order valence-electron chi connectivity index (χ0n) is 18.7. The largest absolute Gasteiger partial charge is 0.495 e. The highest BCUT2D eigenvalue weighted by Crippen LogP contribution is 2.41. The Morgan fingerprint density at radius 2 is 1.94 bits per heavy atom. The molecule has 2 aliphatic heterocycles. The van der Waals surface area contributed by atoms with Gasteiger partial charge in [-0.05, 0) is 49.9 Å². The molecule has 1 aromatic carbocycles. The number of hydrogen-bond acceptors (Lipinski definition) is 6. The first-order valence-corrected chi connectivity index (χ1v) is 12.5. The molecule has 9 nitrogen and oxygen atoms in total. The van der Waals surface area contributed by atoms with Gasteiger partial charge in [-0.15, -0.1) is 0 Å². The van der Waals surface area contributed by atoms with Crippen LogP contribution in [0.25, 0.3) is 0 Å². The Labute approximate surface area is 192 Å². The monoisotopic (exact) mass is 473 g/mol. The molecule has 2 fully saturated rings. The van der Waals surface area contributed by atoms with E-state index in [-0.39, 0.29) is 21.8 Å². The van der Waals surface area contributed by atoms with E-state index in [9.17, 15) is 18.0 Å². The second kappa shape index (κ2) is 7.96. The van der Waals surface area contributed by atoms with Crippen LogP contribution >= 0.6 is 0 Å². The fraction of sp³-hybridized carbons (Fsp3) is 0.478. The number of aryl methyl sites for hydroxylation is 1. The van der Waals surface area contributed by atoms with Gasteiger partial charge in [-0.1, -0.05) is 0 Å². The van der Waals surface area contributed by atoms with E-state index in [1.165, 1.54) is 29.6 Å². The number of ketones is 1. The van der Waals surface area contributed by atoms with Crippen LogP contribution in [-0.2, 0) is 21.2 Å². The van der Waals surface area contributed by atoms with Crippen molar-refractivity contribution in [2.24, 2.45) is 5.41 Å². The van der Waals surface area contributed by atoms with E-state index in [2.05, 4.69) is 10.3 Å². The fourth-order valence-electron chi connectivity index (χ4n) is 4.93. The van der Waals surface area contributed by atoms with E-state index in [4.69, 9.17) is 9.47 Å². The van der Waals surface area contributed by atoms with Gasteiger partial charge in [0.2, 0.25) is 10.0 Å². The summed E-state index contributed by atoms with van der Waals surface area (Å²) >= 11 is 0. The predicted octanol–water partition coefficient (Wildman–Crippen LogP) is 2.51. The number of Topliss-reactive ketones (excluding diaryl/α,β-unsaturated/α-hetero) is 1. The number of aromatic amines is 1. The highest BCUT2D eigenvalue weighted by molar-refractivity contribution is 7.89. The van der Waals surface area contributed by atoms with Crippen molar-refractivity contribution in [3.05, 3.63) is 40.7 Å². The number of anilines is 1. The summed E-state index contributed by atoms with van der Waals surface area (Å²) < 4.78 is 38.2. The number of rotatable bonds is 5. The Hall–Kier alpha value is -2.69. The molecule has 1 spiro atoms. The number of hydrogen-bond donors (Lipinski definition) is 2. The molecular formula is C23H27N3O6S. The minimum Gasteiger partial charge on any atom is -0.495 e. The molecule has 3 aliphatic rings. The quantitative estimate of drug-likeness (QED) is 0.645. The molecule has 2 aromatic rings. The number of sulfonamides is 1. The minimum absolute atomic E-state index is 0.0443. The van der Waals surface area contributed by atoms with Gasteiger partial charge in [0.1, 0.15) is 11.4 Å². The van der Waals surface area contributed by atoms with Crippen LogP contribution in [0.5, 0.6) is 5.75 Å². The summed E-state index contributed by atoms with van der Waals surface area (Å²) in [6, 6.07) is 4.44. The lowest BCUT2D eigenvalue weighted by Gasteiger charge is -2.53. The zero-order chi connectivity index (χ0) is 23.4. The molecule has 0 bridgehead atoms. The third kappa shape index (κ3) is 3.66. The molecule has 0 unspecified atom stereocenters. The van der Waals surface area contributed by atoms with Gasteiger partial charge in [-0.2, -0.15) is 4.31 Å². The number of amides is 1. The molecule has 10 heteroatoms. The minimum atomic E-state index is -3.70. The number of ether oxygens (including phenoxy) is 2. The van der Waals surface area contributed by atoms with Gasteiger partial charge in [0.25, 0.3) is 5.91 Å². The summed E-state index contributed by atoms with van der Waals surface area (Å²) in [6.45, 7) is 3.84. The summed E-state index contributed by atoms with van der Waals surface area (Å²) in [7, 11) is -2.24. The first-order valence-electron chi connectivity index (χ1n) is 11.1. The lowest BCUT2D eigenvalue weighted by atomic mass is 9.80. The number of carbonyl (C=O) groups is 2. The normalized spacial score (nSPS) is 19.9. The van der Waals surface area contributed by atoms with Crippen LogP contribution in [-0.4, -0.2) is 62.8 Å². The smallest absolute Gasteiger partial charge is 0.272 e. The van der Waals surface area contributed by atoms with Gasteiger partial charge in [0.05, 0.1) is 30.9 Å². The Morgan fingerprint density at radius 1 is 1.21 bits per heavy atom. The molecular weight excluding hydrogens is 446 g/mol. The first-order chi connectivity index (χ1) is 15.7. The van der Waals surface area contributed by atoms with Crippen molar-refractivity contribution >= 4 is 27.4 Å². The Morgan fingerprint density at radius 3 is 2.61 bits per heavy atom. The molecule has 0 radical (unpaired) electrons. The first kappa shape index (κ1) is 22.1. The van der Waals surface area contributed by atoms with E-state index >= 15 is 0 Å². The van der Waals surface area contributed by atoms with E-state index in [0.717, 1.165) is 18.4 Å². The molecule has 2 N–H and O–H groups in total. The van der Waals surface area contributed by atoms with Gasteiger partial charge >= 0.3 is 0 Å². The van der Waals surface area contributed by atoms with Gasteiger partial charge in [-0.3, -0.25) is 9.59 Å². The average molecular weight is 474 g/mol. The van der Waals surface area contributed by atoms with Crippen LogP contribution in [0.4, 0.5) is 5.69 Å². The Balaban J connectivity index is 1.42. The summed E-state index contributed by atoms with van der Waals surface area (Å²) in [5.41, 5.74) is 2.56. The van der Waals surface area contributed by atoms with Gasteiger partial charge < -0.3 is 19.8 Å². The number of methoxy groups -OCH3 is 1. The van der Waals surface area contributed by atoms with Crippen LogP contribution in [0.2, 0.25) is 0 Å². The Kier molecular flexibility index (Phi) is 5.34. The summed E-state index contributed by atoms with van der Waals surface area (Å²) in [5.74, 6) is -0.0400. The van der Waals surface area contributed by atoms with E-state index in [1.807, 2.05) is 0 Å². The van der Waals surface area contributed by atoms with Crippen LogP contribution < -0.4 is 10.1 Å². The number of H-pyrrole nitrogens is 1. The molecule has 5 rings (SSSR count). The van der Waals surface area contributed by atoms with Crippen molar-refractivity contribution in [3.63, 3.8) is 0 Å². The van der Waals surface area contributed by atoms with Crippen LogP contribution in [0.1, 0.15) is 51.4 Å². The number of nitrogens with one attached hydrogen (secondary N) is 2. The van der Waals surface area contributed by atoms with Crippen molar-refractivity contribution in [2.75, 3.05) is 38.7 Å². The van der Waals surface area contributed by atoms with Crippen LogP contribution in [0.15, 0.2) is 23.1 Å². The van der Waals surface area contributed by atoms with Crippen LogP contribution in [0, 0.1) is 12.3 Å². The second-order valence-corrected chi connectivity index (χ2v) is 11.1.